The van der Waals surface area contributed by atoms with E-state index < -0.39 is 40.6 Å². The minimum atomic E-state index is -4.86. The van der Waals surface area contributed by atoms with Gasteiger partial charge in [-0.25, -0.2) is 4.98 Å². The number of aliphatic carboxylic acids is 1. The number of nitro groups is 1. The number of carboxylic acids is 1. The van der Waals surface area contributed by atoms with Crippen LogP contribution < -0.4 is 0 Å². The first-order chi connectivity index (χ1) is 7.70. The molecule has 0 unspecified atom stereocenters. The molecule has 9 heteroatoms. The number of rotatable bonds is 3. The molecule has 0 aromatic carbocycles. The van der Waals surface area contributed by atoms with Gasteiger partial charge in [-0.15, -0.1) is 0 Å². The minimum absolute atomic E-state index is 0.255. The number of carbonyl (C=O) groups is 1. The van der Waals surface area contributed by atoms with E-state index in [1.807, 2.05) is 0 Å². The SMILES string of the molecule is O=C(O)Cc1cc([N+](=O)[O-])cc(C(F)(F)F)n1. The quantitative estimate of drug-likeness (QED) is 0.650. The zero-order chi connectivity index (χ0) is 13.2. The Hall–Kier alpha value is -2.19. The lowest BCUT2D eigenvalue weighted by Crippen LogP contribution is -2.12. The van der Waals surface area contributed by atoms with E-state index in [4.69, 9.17) is 5.11 Å². The first kappa shape index (κ1) is 12.9. The summed E-state index contributed by atoms with van der Waals surface area (Å²) < 4.78 is 36.9. The summed E-state index contributed by atoms with van der Waals surface area (Å²) >= 11 is 0. The van der Waals surface area contributed by atoms with Crippen molar-refractivity contribution in [1.82, 2.24) is 4.98 Å². The molecule has 1 heterocycles. The van der Waals surface area contributed by atoms with Gasteiger partial charge < -0.3 is 5.11 Å². The van der Waals surface area contributed by atoms with E-state index in [1.165, 1.54) is 0 Å². The zero-order valence-electron chi connectivity index (χ0n) is 8.06. The summed E-state index contributed by atoms with van der Waals surface area (Å²) in [7, 11) is 0. The van der Waals surface area contributed by atoms with Crippen LogP contribution in [-0.2, 0) is 17.4 Å². The van der Waals surface area contributed by atoms with Gasteiger partial charge in [0.05, 0.1) is 17.0 Å². The summed E-state index contributed by atoms with van der Waals surface area (Å²) in [6.07, 6.45) is -5.68. The number of aromatic nitrogens is 1. The minimum Gasteiger partial charge on any atom is -0.481 e. The van der Waals surface area contributed by atoms with Crippen LogP contribution in [0.25, 0.3) is 0 Å². The highest BCUT2D eigenvalue weighted by atomic mass is 19.4. The van der Waals surface area contributed by atoms with Crippen LogP contribution in [0.4, 0.5) is 18.9 Å². The average molecular weight is 250 g/mol. The highest BCUT2D eigenvalue weighted by molar-refractivity contribution is 5.69. The Kier molecular flexibility index (Phi) is 3.30. The zero-order valence-corrected chi connectivity index (χ0v) is 8.06. The van der Waals surface area contributed by atoms with Gasteiger partial charge in [0, 0.05) is 12.1 Å². The molecule has 92 valence electrons. The number of carboxylic acid groups (broad SMARTS) is 1. The van der Waals surface area contributed by atoms with Gasteiger partial charge in [0.15, 0.2) is 5.69 Å². The highest BCUT2D eigenvalue weighted by Crippen LogP contribution is 2.30. The van der Waals surface area contributed by atoms with Gasteiger partial charge in [-0.3, -0.25) is 14.9 Å². The van der Waals surface area contributed by atoms with Crippen LogP contribution in [0.1, 0.15) is 11.4 Å². The van der Waals surface area contributed by atoms with Crippen molar-refractivity contribution in [1.29, 1.82) is 0 Å². The number of hydrogen-bond donors (Lipinski definition) is 1. The van der Waals surface area contributed by atoms with E-state index in [0.717, 1.165) is 0 Å². The van der Waals surface area contributed by atoms with Crippen molar-refractivity contribution in [3.8, 4) is 0 Å². The van der Waals surface area contributed by atoms with E-state index in [-0.39, 0.29) is 6.07 Å². The van der Waals surface area contributed by atoms with Gasteiger partial charge in [-0.2, -0.15) is 13.2 Å². The predicted molar refractivity (Wildman–Crippen MR) is 47.2 cm³/mol. The molecule has 0 aliphatic heterocycles. The summed E-state index contributed by atoms with van der Waals surface area (Å²) in [4.78, 5) is 22.7. The molecular formula is C8H5F3N2O4. The van der Waals surface area contributed by atoms with Crippen LogP contribution in [0.2, 0.25) is 0 Å². The number of hydrogen-bond acceptors (Lipinski definition) is 4. The topological polar surface area (TPSA) is 93.3 Å². The third-order valence-corrected chi connectivity index (χ3v) is 1.70. The number of pyridine rings is 1. The second-order valence-electron chi connectivity index (χ2n) is 3.03. The summed E-state index contributed by atoms with van der Waals surface area (Å²) in [5.41, 5.74) is -2.84. The molecule has 0 aliphatic rings. The van der Waals surface area contributed by atoms with Gasteiger partial charge in [-0.1, -0.05) is 0 Å². The van der Waals surface area contributed by atoms with Crippen LogP contribution in [0.5, 0.6) is 0 Å². The van der Waals surface area contributed by atoms with Gasteiger partial charge >= 0.3 is 12.1 Å². The molecule has 0 bridgehead atoms. The Morgan fingerprint density at radius 1 is 1.47 bits per heavy atom. The maximum absolute atomic E-state index is 12.3. The Morgan fingerprint density at radius 3 is 2.47 bits per heavy atom. The van der Waals surface area contributed by atoms with Crippen molar-refractivity contribution in [3.63, 3.8) is 0 Å². The van der Waals surface area contributed by atoms with E-state index in [0.29, 0.717) is 6.07 Å². The van der Waals surface area contributed by atoms with Crippen molar-refractivity contribution in [3.05, 3.63) is 33.6 Å². The van der Waals surface area contributed by atoms with Crippen LogP contribution in [0, 0.1) is 10.1 Å². The Balaban J connectivity index is 3.28. The molecule has 1 rings (SSSR count). The molecule has 0 saturated carbocycles. The van der Waals surface area contributed by atoms with E-state index in [2.05, 4.69) is 4.98 Å². The monoisotopic (exact) mass is 250 g/mol. The van der Waals surface area contributed by atoms with Gasteiger partial charge in [0.25, 0.3) is 5.69 Å². The Labute approximate surface area is 91.9 Å². The molecule has 0 fully saturated rings. The summed E-state index contributed by atoms with van der Waals surface area (Å²) in [5.74, 6) is -1.42. The van der Waals surface area contributed by atoms with Crippen LogP contribution in [0.15, 0.2) is 12.1 Å². The molecule has 1 aromatic rings. The lowest BCUT2D eigenvalue weighted by Gasteiger charge is -2.06. The fourth-order valence-electron chi connectivity index (χ4n) is 1.07. The molecule has 0 spiro atoms. The third kappa shape index (κ3) is 3.40. The lowest BCUT2D eigenvalue weighted by atomic mass is 10.2. The number of halogens is 3. The van der Waals surface area contributed by atoms with Crippen LogP contribution >= 0.6 is 0 Å². The summed E-state index contributed by atoms with van der Waals surface area (Å²) in [6, 6.07) is 0.953. The third-order valence-electron chi connectivity index (χ3n) is 1.70. The Morgan fingerprint density at radius 2 is 2.06 bits per heavy atom. The number of alkyl halides is 3. The fourth-order valence-corrected chi connectivity index (χ4v) is 1.07. The highest BCUT2D eigenvalue weighted by Gasteiger charge is 2.34. The molecule has 17 heavy (non-hydrogen) atoms. The van der Waals surface area contributed by atoms with E-state index in [1.54, 1.807) is 0 Å². The van der Waals surface area contributed by atoms with Crippen LogP contribution in [-0.4, -0.2) is 21.0 Å². The summed E-state index contributed by atoms with van der Waals surface area (Å²) in [6.45, 7) is 0. The van der Waals surface area contributed by atoms with Crippen molar-refractivity contribution in [2.75, 3.05) is 0 Å². The molecule has 0 atom stereocenters. The Bertz CT molecular complexity index is 472. The lowest BCUT2D eigenvalue weighted by molar-refractivity contribution is -0.385. The number of nitrogens with zero attached hydrogens (tertiary/aromatic N) is 2. The molecule has 0 aliphatic carbocycles. The molecule has 0 amide bonds. The first-order valence-corrected chi connectivity index (χ1v) is 4.14. The van der Waals surface area contributed by atoms with Gasteiger partial charge in [0.1, 0.15) is 0 Å². The molecule has 0 saturated heterocycles. The second-order valence-corrected chi connectivity index (χ2v) is 3.03. The molecule has 6 nitrogen and oxygen atoms in total. The van der Waals surface area contributed by atoms with E-state index in [9.17, 15) is 28.1 Å². The van der Waals surface area contributed by atoms with Gasteiger partial charge in [0.2, 0.25) is 0 Å². The van der Waals surface area contributed by atoms with E-state index >= 15 is 0 Å². The predicted octanol–water partition coefficient (Wildman–Crippen LogP) is 1.64. The summed E-state index contributed by atoms with van der Waals surface area (Å²) in [5, 5.41) is 18.8. The maximum atomic E-state index is 12.3. The molecule has 1 N–H and O–H groups in total. The fraction of sp³-hybridized carbons (Fsp3) is 0.250. The molecular weight excluding hydrogens is 245 g/mol. The van der Waals surface area contributed by atoms with Crippen LogP contribution in [0.3, 0.4) is 0 Å². The van der Waals surface area contributed by atoms with Crippen molar-refractivity contribution < 1.29 is 28.0 Å². The standard InChI is InChI=1S/C8H5F3N2O4/c9-8(10,11)6-3-5(13(16)17)1-4(12-6)2-7(14)15/h1,3H,2H2,(H,14,15). The van der Waals surface area contributed by atoms with Gasteiger partial charge in [-0.05, 0) is 0 Å². The van der Waals surface area contributed by atoms with Crippen molar-refractivity contribution in [2.45, 2.75) is 12.6 Å². The molecule has 1 aromatic heterocycles. The van der Waals surface area contributed by atoms with Crippen molar-refractivity contribution >= 4 is 11.7 Å². The normalized spacial score (nSPS) is 11.2. The maximum Gasteiger partial charge on any atom is 0.433 e. The average Bonchev–Trinajstić information content (AvgIpc) is 2.14. The smallest absolute Gasteiger partial charge is 0.433 e. The van der Waals surface area contributed by atoms with Crippen molar-refractivity contribution in [2.24, 2.45) is 0 Å². The second kappa shape index (κ2) is 4.36. The largest absolute Gasteiger partial charge is 0.481 e. The first-order valence-electron chi connectivity index (χ1n) is 4.14. The molecule has 0 radical (unpaired) electrons.